The van der Waals surface area contributed by atoms with Gasteiger partial charge in [-0.1, -0.05) is 11.3 Å². The van der Waals surface area contributed by atoms with Crippen molar-refractivity contribution in [2.45, 2.75) is 12.8 Å². The highest BCUT2D eigenvalue weighted by molar-refractivity contribution is 7.22. The Bertz CT molecular complexity index is 1340. The van der Waals surface area contributed by atoms with Gasteiger partial charge in [-0.25, -0.2) is 4.98 Å². The van der Waals surface area contributed by atoms with Crippen molar-refractivity contribution in [2.24, 2.45) is 5.92 Å². The van der Waals surface area contributed by atoms with Gasteiger partial charge in [-0.3, -0.25) is 9.59 Å². The van der Waals surface area contributed by atoms with E-state index in [-0.39, 0.29) is 24.2 Å². The number of benzene rings is 2. The van der Waals surface area contributed by atoms with Crippen LogP contribution >= 0.6 is 11.3 Å². The maximum absolute atomic E-state index is 12.8. The Morgan fingerprint density at radius 2 is 2.00 bits per heavy atom. The van der Waals surface area contributed by atoms with Crippen LogP contribution in [-0.2, 0) is 16.0 Å². The molecule has 0 aliphatic carbocycles. The number of carbonyl (C=O) groups excluding carboxylic acids is 2. The number of methoxy groups -OCH3 is 2. The van der Waals surface area contributed by atoms with Gasteiger partial charge in [0.25, 0.3) is 0 Å². The molecule has 1 aliphatic heterocycles. The predicted molar refractivity (Wildman–Crippen MR) is 128 cm³/mol. The first-order valence-corrected chi connectivity index (χ1v) is 11.5. The topological polar surface area (TPSA) is 96.5 Å². The summed E-state index contributed by atoms with van der Waals surface area (Å²) in [6.07, 6.45) is 2.89. The van der Waals surface area contributed by atoms with E-state index < -0.39 is 0 Å². The molecule has 170 valence electrons. The van der Waals surface area contributed by atoms with Crippen molar-refractivity contribution in [1.82, 2.24) is 14.9 Å². The second-order valence-corrected chi connectivity index (χ2v) is 9.09. The molecule has 2 aromatic carbocycles. The number of hydrogen-bond acceptors (Lipinski definition) is 6. The minimum atomic E-state index is -0.387. The smallest absolute Gasteiger partial charge is 0.231 e. The third-order valence-electron chi connectivity index (χ3n) is 6.04. The summed E-state index contributed by atoms with van der Waals surface area (Å²) in [6.45, 7) is 0.975. The van der Waals surface area contributed by atoms with Crippen LogP contribution in [0.1, 0.15) is 12.0 Å². The first-order valence-electron chi connectivity index (χ1n) is 10.7. The molecule has 2 N–H and O–H groups in total. The average molecular weight is 465 g/mol. The van der Waals surface area contributed by atoms with Crippen LogP contribution in [-0.4, -0.2) is 54.0 Å². The largest absolute Gasteiger partial charge is 0.497 e. The first kappa shape index (κ1) is 21.3. The SMILES string of the molecule is COc1ccc2nc(NC(=O)[C@@H]3CC(=O)N(CCc4c[nH]c5ccc(OC)cc45)C3)sc2c1. The van der Waals surface area contributed by atoms with E-state index in [4.69, 9.17) is 9.47 Å². The fraction of sp³-hybridized carbons (Fsp3) is 0.292. The first-order chi connectivity index (χ1) is 16.0. The third kappa shape index (κ3) is 4.23. The zero-order chi connectivity index (χ0) is 22.9. The summed E-state index contributed by atoms with van der Waals surface area (Å²) in [5.74, 6) is 0.984. The number of ether oxygens (including phenoxy) is 2. The summed E-state index contributed by atoms with van der Waals surface area (Å²) in [4.78, 5) is 34.9. The number of anilines is 1. The lowest BCUT2D eigenvalue weighted by atomic mass is 10.1. The number of nitrogens with zero attached hydrogens (tertiary/aromatic N) is 2. The Morgan fingerprint density at radius 3 is 2.82 bits per heavy atom. The van der Waals surface area contributed by atoms with Crippen LogP contribution in [0.2, 0.25) is 0 Å². The maximum Gasteiger partial charge on any atom is 0.231 e. The van der Waals surface area contributed by atoms with Crippen LogP contribution in [0.5, 0.6) is 11.5 Å². The molecule has 1 aliphatic rings. The van der Waals surface area contributed by atoms with E-state index in [1.54, 1.807) is 19.1 Å². The molecule has 0 saturated carbocycles. The highest BCUT2D eigenvalue weighted by atomic mass is 32.1. The maximum atomic E-state index is 12.8. The molecule has 2 amide bonds. The number of likely N-dealkylation sites (tertiary alicyclic amines) is 1. The van der Waals surface area contributed by atoms with Crippen molar-refractivity contribution in [2.75, 3.05) is 32.6 Å². The minimum absolute atomic E-state index is 0.00149. The molecule has 1 atom stereocenters. The van der Waals surface area contributed by atoms with Crippen molar-refractivity contribution in [3.8, 4) is 11.5 Å². The molecule has 5 rings (SSSR count). The monoisotopic (exact) mass is 464 g/mol. The van der Waals surface area contributed by atoms with E-state index in [1.807, 2.05) is 42.6 Å². The molecular weight excluding hydrogens is 440 g/mol. The molecule has 2 aromatic heterocycles. The highest BCUT2D eigenvalue weighted by Gasteiger charge is 2.34. The van der Waals surface area contributed by atoms with Crippen molar-refractivity contribution in [3.63, 3.8) is 0 Å². The van der Waals surface area contributed by atoms with Gasteiger partial charge in [0, 0.05) is 36.6 Å². The Morgan fingerprint density at radius 1 is 1.21 bits per heavy atom. The standard InChI is InChI=1S/C24H24N4O4S/c1-31-16-3-5-19-18(10-16)14(12-25-19)7-8-28-13-15(9-22(28)29)23(30)27-24-26-20-6-4-17(32-2)11-21(20)33-24/h3-6,10-12,15,25H,7-9,13H2,1-2H3,(H,26,27,30)/t15-/m1/s1. The van der Waals surface area contributed by atoms with Gasteiger partial charge in [0.2, 0.25) is 11.8 Å². The summed E-state index contributed by atoms with van der Waals surface area (Å²) in [6, 6.07) is 11.5. The van der Waals surface area contributed by atoms with E-state index >= 15 is 0 Å². The second kappa shape index (κ2) is 8.74. The third-order valence-corrected chi connectivity index (χ3v) is 6.97. The normalized spacial score (nSPS) is 16.0. The number of aromatic nitrogens is 2. The lowest BCUT2D eigenvalue weighted by Crippen LogP contribution is -2.29. The van der Waals surface area contributed by atoms with Crippen LogP contribution in [0.3, 0.4) is 0 Å². The van der Waals surface area contributed by atoms with Crippen LogP contribution in [0.25, 0.3) is 21.1 Å². The van der Waals surface area contributed by atoms with Gasteiger partial charge in [0.15, 0.2) is 5.13 Å². The van der Waals surface area contributed by atoms with Gasteiger partial charge in [-0.05, 0) is 48.4 Å². The molecule has 0 bridgehead atoms. The molecule has 3 heterocycles. The second-order valence-electron chi connectivity index (χ2n) is 8.06. The number of hydrogen-bond donors (Lipinski definition) is 2. The van der Waals surface area contributed by atoms with Crippen molar-refractivity contribution in [1.29, 1.82) is 0 Å². The zero-order valence-corrected chi connectivity index (χ0v) is 19.2. The number of rotatable bonds is 7. The average Bonchev–Trinajstić information content (AvgIpc) is 3.52. The summed E-state index contributed by atoms with van der Waals surface area (Å²) < 4.78 is 11.5. The van der Waals surface area contributed by atoms with Gasteiger partial charge in [0.05, 0.1) is 30.4 Å². The zero-order valence-electron chi connectivity index (χ0n) is 18.4. The molecule has 0 radical (unpaired) electrons. The van der Waals surface area contributed by atoms with E-state index in [0.717, 1.165) is 38.2 Å². The number of nitrogens with one attached hydrogen (secondary N) is 2. The van der Waals surface area contributed by atoms with Crippen molar-refractivity contribution in [3.05, 3.63) is 48.2 Å². The Hall–Kier alpha value is -3.59. The van der Waals surface area contributed by atoms with E-state index in [0.29, 0.717) is 24.6 Å². The van der Waals surface area contributed by atoms with E-state index in [9.17, 15) is 9.59 Å². The predicted octanol–water partition coefficient (Wildman–Crippen LogP) is 3.82. The molecule has 4 aromatic rings. The van der Waals surface area contributed by atoms with E-state index in [2.05, 4.69) is 15.3 Å². The molecule has 9 heteroatoms. The molecule has 0 unspecified atom stereocenters. The van der Waals surface area contributed by atoms with Crippen LogP contribution in [0.15, 0.2) is 42.6 Å². The van der Waals surface area contributed by atoms with E-state index in [1.165, 1.54) is 11.3 Å². The van der Waals surface area contributed by atoms with Gasteiger partial charge in [0.1, 0.15) is 11.5 Å². The van der Waals surface area contributed by atoms with Crippen LogP contribution < -0.4 is 14.8 Å². The Kier molecular flexibility index (Phi) is 5.63. The van der Waals surface area contributed by atoms with Crippen molar-refractivity contribution >= 4 is 49.4 Å². The number of amides is 2. The summed E-state index contributed by atoms with van der Waals surface area (Å²) in [5.41, 5.74) is 2.95. The van der Waals surface area contributed by atoms with Crippen LogP contribution in [0, 0.1) is 5.92 Å². The quantitative estimate of drug-likeness (QED) is 0.433. The Labute approximate surface area is 194 Å². The lowest BCUT2D eigenvalue weighted by Gasteiger charge is -2.16. The molecule has 0 spiro atoms. The van der Waals surface area contributed by atoms with Gasteiger partial charge < -0.3 is 24.7 Å². The molecular formula is C24H24N4O4S. The van der Waals surface area contributed by atoms with Gasteiger partial charge in [-0.15, -0.1) is 0 Å². The Balaban J connectivity index is 1.22. The van der Waals surface area contributed by atoms with Crippen molar-refractivity contribution < 1.29 is 19.1 Å². The number of thiazole rings is 1. The number of fused-ring (bicyclic) bond motifs is 2. The summed E-state index contributed by atoms with van der Waals surface area (Å²) >= 11 is 1.39. The number of carbonyl (C=O) groups is 2. The molecule has 1 saturated heterocycles. The number of H-pyrrole nitrogens is 1. The minimum Gasteiger partial charge on any atom is -0.497 e. The number of aromatic amines is 1. The molecule has 1 fully saturated rings. The fourth-order valence-electron chi connectivity index (χ4n) is 4.20. The summed E-state index contributed by atoms with van der Waals surface area (Å²) in [5, 5.41) is 4.50. The van der Waals surface area contributed by atoms with Gasteiger partial charge in [-0.2, -0.15) is 0 Å². The summed E-state index contributed by atoms with van der Waals surface area (Å²) in [7, 11) is 3.26. The van der Waals surface area contributed by atoms with Gasteiger partial charge >= 0.3 is 0 Å². The molecule has 33 heavy (non-hydrogen) atoms. The van der Waals surface area contributed by atoms with Crippen LogP contribution in [0.4, 0.5) is 5.13 Å². The highest BCUT2D eigenvalue weighted by Crippen LogP contribution is 2.30. The fourth-order valence-corrected chi connectivity index (χ4v) is 5.10. The lowest BCUT2D eigenvalue weighted by molar-refractivity contribution is -0.128. The molecule has 8 nitrogen and oxygen atoms in total.